The Balaban J connectivity index is 1.88. The van der Waals surface area contributed by atoms with Crippen molar-refractivity contribution in [1.29, 1.82) is 0 Å². The first-order valence-corrected chi connectivity index (χ1v) is 7.21. The molecule has 0 atom stereocenters. The minimum absolute atomic E-state index is 0.575. The minimum atomic E-state index is 0.575. The predicted molar refractivity (Wildman–Crippen MR) is 87.1 cm³/mol. The van der Waals surface area contributed by atoms with Crippen molar-refractivity contribution in [2.24, 2.45) is 0 Å². The molecule has 0 unspecified atom stereocenters. The Labute approximate surface area is 126 Å². The van der Waals surface area contributed by atoms with E-state index in [-0.39, 0.29) is 0 Å². The number of aryl methyl sites for hydroxylation is 2. The minimum Gasteiger partial charge on any atom is -0.491 e. The highest BCUT2D eigenvalue weighted by Gasteiger charge is 2.00. The molecule has 3 heteroatoms. The molecule has 2 rings (SSSR count). The quantitative estimate of drug-likeness (QED) is 0.782. The highest BCUT2D eigenvalue weighted by Crippen LogP contribution is 2.17. The Morgan fingerprint density at radius 2 is 1.71 bits per heavy atom. The summed E-state index contributed by atoms with van der Waals surface area (Å²) < 4.78 is 10.5. The van der Waals surface area contributed by atoms with E-state index in [0.29, 0.717) is 13.2 Å². The smallest absolute Gasteiger partial charge is 0.119 e. The average Bonchev–Trinajstić information content (AvgIpc) is 2.48. The fraction of sp³-hybridized carbons (Fsp3) is 0.333. The van der Waals surface area contributed by atoms with E-state index in [2.05, 4.69) is 37.4 Å². The average molecular weight is 285 g/mol. The van der Waals surface area contributed by atoms with E-state index >= 15 is 0 Å². The molecule has 0 heterocycles. The molecule has 3 nitrogen and oxygen atoms in total. The van der Waals surface area contributed by atoms with Crippen LogP contribution in [0, 0.1) is 13.8 Å². The molecular formula is C18H23NO2. The fourth-order valence-corrected chi connectivity index (χ4v) is 2.15. The van der Waals surface area contributed by atoms with Crippen molar-refractivity contribution in [2.45, 2.75) is 20.4 Å². The van der Waals surface area contributed by atoms with E-state index in [4.69, 9.17) is 9.47 Å². The molecule has 0 aliphatic heterocycles. The number of nitrogens with one attached hydrogen (secondary N) is 1. The standard InChI is InChI=1S/C18H23NO2/c1-14-4-5-16(15(2)12-14)13-19-17-6-8-18(9-7-17)21-11-10-20-3/h4-9,12,19H,10-11,13H2,1-3H3. The number of hydrogen-bond donors (Lipinski definition) is 1. The van der Waals surface area contributed by atoms with Gasteiger partial charge in [0.05, 0.1) is 6.61 Å². The molecule has 0 spiro atoms. The molecular weight excluding hydrogens is 262 g/mol. The van der Waals surface area contributed by atoms with Crippen molar-refractivity contribution >= 4 is 5.69 Å². The zero-order valence-electron chi connectivity index (χ0n) is 13.0. The predicted octanol–water partition coefficient (Wildman–Crippen LogP) is 3.94. The van der Waals surface area contributed by atoms with Gasteiger partial charge >= 0.3 is 0 Å². The fourth-order valence-electron chi connectivity index (χ4n) is 2.15. The number of methoxy groups -OCH3 is 1. The number of rotatable bonds is 7. The molecule has 2 aromatic carbocycles. The molecule has 0 saturated heterocycles. The lowest BCUT2D eigenvalue weighted by molar-refractivity contribution is 0.146. The van der Waals surface area contributed by atoms with E-state index in [1.165, 1.54) is 16.7 Å². The van der Waals surface area contributed by atoms with Gasteiger partial charge in [0.1, 0.15) is 12.4 Å². The Morgan fingerprint density at radius 3 is 2.38 bits per heavy atom. The van der Waals surface area contributed by atoms with E-state index in [1.807, 2.05) is 24.3 Å². The van der Waals surface area contributed by atoms with Crippen LogP contribution < -0.4 is 10.1 Å². The van der Waals surface area contributed by atoms with Crippen molar-refractivity contribution in [1.82, 2.24) is 0 Å². The van der Waals surface area contributed by atoms with Crippen LogP contribution in [0.3, 0.4) is 0 Å². The third kappa shape index (κ3) is 4.80. The Morgan fingerprint density at radius 1 is 0.952 bits per heavy atom. The van der Waals surface area contributed by atoms with Crippen molar-refractivity contribution < 1.29 is 9.47 Å². The van der Waals surface area contributed by atoms with Gasteiger partial charge in [-0.3, -0.25) is 0 Å². The molecule has 0 bridgehead atoms. The summed E-state index contributed by atoms with van der Waals surface area (Å²) in [6.45, 7) is 6.28. The molecule has 0 fully saturated rings. The summed E-state index contributed by atoms with van der Waals surface area (Å²) >= 11 is 0. The molecule has 0 amide bonds. The summed E-state index contributed by atoms with van der Waals surface area (Å²) in [5, 5.41) is 3.44. The third-order valence-electron chi connectivity index (χ3n) is 3.39. The normalized spacial score (nSPS) is 10.4. The number of benzene rings is 2. The molecule has 0 aliphatic carbocycles. The third-order valence-corrected chi connectivity index (χ3v) is 3.39. The topological polar surface area (TPSA) is 30.5 Å². The van der Waals surface area contributed by atoms with Gasteiger partial charge in [0.2, 0.25) is 0 Å². The highest BCUT2D eigenvalue weighted by atomic mass is 16.5. The van der Waals surface area contributed by atoms with Crippen molar-refractivity contribution in [3.8, 4) is 5.75 Å². The molecule has 0 aromatic heterocycles. The van der Waals surface area contributed by atoms with Crippen molar-refractivity contribution in [3.05, 3.63) is 59.2 Å². The Bertz CT molecular complexity index is 564. The van der Waals surface area contributed by atoms with E-state index in [0.717, 1.165) is 18.0 Å². The number of hydrogen-bond acceptors (Lipinski definition) is 3. The summed E-state index contributed by atoms with van der Waals surface area (Å²) in [5.41, 5.74) is 5.03. The van der Waals surface area contributed by atoms with E-state index in [1.54, 1.807) is 7.11 Å². The summed E-state index contributed by atoms with van der Waals surface area (Å²) in [6.07, 6.45) is 0. The molecule has 0 radical (unpaired) electrons. The first-order valence-electron chi connectivity index (χ1n) is 7.21. The van der Waals surface area contributed by atoms with Gasteiger partial charge in [0.15, 0.2) is 0 Å². The zero-order chi connectivity index (χ0) is 15.1. The van der Waals surface area contributed by atoms with Gasteiger partial charge in [0, 0.05) is 19.3 Å². The van der Waals surface area contributed by atoms with Crippen LogP contribution in [0.2, 0.25) is 0 Å². The van der Waals surface area contributed by atoms with Gasteiger partial charge in [-0.2, -0.15) is 0 Å². The Hall–Kier alpha value is -2.00. The summed E-state index contributed by atoms with van der Waals surface area (Å²) in [5.74, 6) is 0.865. The van der Waals surface area contributed by atoms with Crippen LogP contribution in [0.5, 0.6) is 5.75 Å². The second kappa shape index (κ2) is 7.70. The molecule has 21 heavy (non-hydrogen) atoms. The highest BCUT2D eigenvalue weighted by molar-refractivity contribution is 5.47. The maximum absolute atomic E-state index is 5.54. The number of ether oxygens (including phenoxy) is 2. The van der Waals surface area contributed by atoms with Crippen LogP contribution in [0.1, 0.15) is 16.7 Å². The van der Waals surface area contributed by atoms with Crippen LogP contribution >= 0.6 is 0 Å². The van der Waals surface area contributed by atoms with Crippen molar-refractivity contribution in [2.75, 3.05) is 25.6 Å². The summed E-state index contributed by atoms with van der Waals surface area (Å²) in [4.78, 5) is 0. The van der Waals surface area contributed by atoms with Gasteiger partial charge in [0.25, 0.3) is 0 Å². The van der Waals surface area contributed by atoms with Gasteiger partial charge in [-0.05, 0) is 49.2 Å². The van der Waals surface area contributed by atoms with E-state index in [9.17, 15) is 0 Å². The zero-order valence-corrected chi connectivity index (χ0v) is 13.0. The molecule has 2 aromatic rings. The number of anilines is 1. The van der Waals surface area contributed by atoms with Gasteiger partial charge in [-0.15, -0.1) is 0 Å². The van der Waals surface area contributed by atoms with Crippen LogP contribution in [0.4, 0.5) is 5.69 Å². The van der Waals surface area contributed by atoms with Crippen LogP contribution in [-0.4, -0.2) is 20.3 Å². The van der Waals surface area contributed by atoms with Crippen LogP contribution in [-0.2, 0) is 11.3 Å². The molecule has 1 N–H and O–H groups in total. The van der Waals surface area contributed by atoms with E-state index < -0.39 is 0 Å². The van der Waals surface area contributed by atoms with Gasteiger partial charge < -0.3 is 14.8 Å². The maximum atomic E-state index is 5.54. The van der Waals surface area contributed by atoms with Crippen LogP contribution in [0.25, 0.3) is 0 Å². The largest absolute Gasteiger partial charge is 0.491 e. The second-order valence-corrected chi connectivity index (χ2v) is 5.15. The first-order chi connectivity index (χ1) is 10.2. The first kappa shape index (κ1) is 15.4. The molecule has 0 saturated carbocycles. The SMILES string of the molecule is COCCOc1ccc(NCc2ccc(C)cc2C)cc1. The lowest BCUT2D eigenvalue weighted by Crippen LogP contribution is -2.04. The maximum Gasteiger partial charge on any atom is 0.119 e. The monoisotopic (exact) mass is 285 g/mol. The van der Waals surface area contributed by atoms with Gasteiger partial charge in [-0.1, -0.05) is 23.8 Å². The van der Waals surface area contributed by atoms with Gasteiger partial charge in [-0.25, -0.2) is 0 Å². The molecule has 0 aliphatic rings. The second-order valence-electron chi connectivity index (χ2n) is 5.15. The molecule has 112 valence electrons. The summed E-state index contributed by atoms with van der Waals surface area (Å²) in [7, 11) is 1.67. The lowest BCUT2D eigenvalue weighted by Gasteiger charge is -2.11. The van der Waals surface area contributed by atoms with Crippen LogP contribution in [0.15, 0.2) is 42.5 Å². The summed E-state index contributed by atoms with van der Waals surface area (Å²) in [6, 6.07) is 14.6. The lowest BCUT2D eigenvalue weighted by atomic mass is 10.1. The Kier molecular flexibility index (Phi) is 5.64. The van der Waals surface area contributed by atoms with Crippen molar-refractivity contribution in [3.63, 3.8) is 0 Å².